The molecule has 1 N–H and O–H groups in total. The summed E-state index contributed by atoms with van der Waals surface area (Å²) in [4.78, 5) is 18.1. The fourth-order valence-corrected chi connectivity index (χ4v) is 2.14. The number of hydrogen-bond donors (Lipinski definition) is 1. The highest BCUT2D eigenvalue weighted by Gasteiger charge is 2.13. The fraction of sp³-hybridized carbons (Fsp3) is 0.538. The van der Waals surface area contributed by atoms with Gasteiger partial charge in [0, 0.05) is 17.6 Å². The number of aryl methyl sites for hydroxylation is 1. The Morgan fingerprint density at radius 1 is 1.41 bits per heavy atom. The average molecular weight is 233 g/mol. The van der Waals surface area contributed by atoms with Crippen molar-refractivity contribution >= 4 is 11.6 Å². The Bertz CT molecular complexity index is 386. The number of nitrogens with zero attached hydrogens (tertiary/aromatic N) is 2. The van der Waals surface area contributed by atoms with E-state index in [4.69, 9.17) is 0 Å². The van der Waals surface area contributed by atoms with Crippen LogP contribution in [0.2, 0.25) is 0 Å². The van der Waals surface area contributed by atoms with E-state index in [2.05, 4.69) is 15.2 Å². The van der Waals surface area contributed by atoms with Crippen LogP contribution >= 0.6 is 0 Å². The molecule has 92 valence electrons. The van der Waals surface area contributed by atoms with Crippen LogP contribution in [0, 0.1) is 6.92 Å². The molecule has 0 atom stereocenters. The van der Waals surface area contributed by atoms with Gasteiger partial charge in [0.2, 0.25) is 5.91 Å². The van der Waals surface area contributed by atoms with Crippen molar-refractivity contribution in [3.05, 3.63) is 24.0 Å². The number of hydrogen-bond acceptors (Lipinski definition) is 3. The molecule has 1 aromatic heterocycles. The molecule has 1 saturated heterocycles. The summed E-state index contributed by atoms with van der Waals surface area (Å²) in [5, 5.41) is 2.91. The molecule has 2 heterocycles. The first-order chi connectivity index (χ1) is 8.24. The van der Waals surface area contributed by atoms with E-state index in [1.165, 1.54) is 19.3 Å². The summed E-state index contributed by atoms with van der Waals surface area (Å²) < 4.78 is 0. The number of pyridine rings is 1. The summed E-state index contributed by atoms with van der Waals surface area (Å²) >= 11 is 0. The highest BCUT2D eigenvalue weighted by molar-refractivity contribution is 5.92. The number of carbonyl (C=O) groups excluding carboxylic acids is 1. The molecule has 0 bridgehead atoms. The van der Waals surface area contributed by atoms with E-state index in [-0.39, 0.29) is 5.91 Å². The average Bonchev–Trinajstić information content (AvgIpc) is 2.30. The number of anilines is 1. The lowest BCUT2D eigenvalue weighted by atomic mass is 10.1. The van der Waals surface area contributed by atoms with Gasteiger partial charge in [-0.05, 0) is 45.0 Å². The molecule has 0 saturated carbocycles. The number of aromatic nitrogens is 1. The zero-order valence-electron chi connectivity index (χ0n) is 10.3. The van der Waals surface area contributed by atoms with Gasteiger partial charge in [-0.25, -0.2) is 0 Å². The maximum atomic E-state index is 11.8. The summed E-state index contributed by atoms with van der Waals surface area (Å²) in [6.45, 7) is 4.51. The lowest BCUT2D eigenvalue weighted by molar-refractivity contribution is -0.117. The SMILES string of the molecule is Cc1cc(NC(=O)CN2CCCCC2)ccn1. The van der Waals surface area contributed by atoms with Crippen molar-refractivity contribution in [1.82, 2.24) is 9.88 Å². The molecule has 0 spiro atoms. The molecule has 0 aromatic carbocycles. The first-order valence-corrected chi connectivity index (χ1v) is 6.19. The topological polar surface area (TPSA) is 45.2 Å². The van der Waals surface area contributed by atoms with E-state index in [1.54, 1.807) is 6.20 Å². The second-order valence-electron chi connectivity index (χ2n) is 4.57. The zero-order chi connectivity index (χ0) is 12.1. The molecule has 2 rings (SSSR count). The Morgan fingerprint density at radius 2 is 2.18 bits per heavy atom. The minimum atomic E-state index is 0.0671. The Kier molecular flexibility index (Phi) is 4.09. The summed E-state index contributed by atoms with van der Waals surface area (Å²) in [7, 11) is 0. The van der Waals surface area contributed by atoms with E-state index < -0.39 is 0 Å². The second kappa shape index (κ2) is 5.77. The van der Waals surface area contributed by atoms with E-state index in [0.717, 1.165) is 24.5 Å². The predicted molar refractivity (Wildman–Crippen MR) is 67.9 cm³/mol. The van der Waals surface area contributed by atoms with Crippen LogP contribution in [-0.4, -0.2) is 35.4 Å². The van der Waals surface area contributed by atoms with Crippen molar-refractivity contribution < 1.29 is 4.79 Å². The van der Waals surface area contributed by atoms with Gasteiger partial charge in [0.05, 0.1) is 6.54 Å². The molecule has 1 amide bonds. The van der Waals surface area contributed by atoms with Crippen LogP contribution in [0.3, 0.4) is 0 Å². The smallest absolute Gasteiger partial charge is 0.238 e. The quantitative estimate of drug-likeness (QED) is 0.866. The molecular formula is C13H19N3O. The van der Waals surface area contributed by atoms with Crippen molar-refractivity contribution in [3.8, 4) is 0 Å². The van der Waals surface area contributed by atoms with Crippen LogP contribution in [0.15, 0.2) is 18.3 Å². The van der Waals surface area contributed by atoms with Gasteiger partial charge in [0.15, 0.2) is 0 Å². The summed E-state index contributed by atoms with van der Waals surface area (Å²) in [6.07, 6.45) is 5.43. The van der Waals surface area contributed by atoms with Crippen LogP contribution in [0.25, 0.3) is 0 Å². The van der Waals surface area contributed by atoms with Crippen LogP contribution < -0.4 is 5.32 Å². The number of carbonyl (C=O) groups is 1. The number of amides is 1. The Balaban J connectivity index is 1.84. The lowest BCUT2D eigenvalue weighted by Gasteiger charge is -2.25. The van der Waals surface area contributed by atoms with Crippen molar-refractivity contribution in [3.63, 3.8) is 0 Å². The highest BCUT2D eigenvalue weighted by Crippen LogP contribution is 2.10. The van der Waals surface area contributed by atoms with E-state index in [0.29, 0.717) is 6.54 Å². The Hall–Kier alpha value is -1.42. The number of nitrogens with one attached hydrogen (secondary N) is 1. The van der Waals surface area contributed by atoms with Crippen molar-refractivity contribution in [2.45, 2.75) is 26.2 Å². The highest BCUT2D eigenvalue weighted by atomic mass is 16.2. The second-order valence-corrected chi connectivity index (χ2v) is 4.57. The van der Waals surface area contributed by atoms with E-state index in [9.17, 15) is 4.79 Å². The zero-order valence-corrected chi connectivity index (χ0v) is 10.3. The number of piperidine rings is 1. The summed E-state index contributed by atoms with van der Waals surface area (Å²) in [5.41, 5.74) is 1.75. The molecular weight excluding hydrogens is 214 g/mol. The van der Waals surface area contributed by atoms with Crippen molar-refractivity contribution in [2.75, 3.05) is 25.0 Å². The number of rotatable bonds is 3. The van der Waals surface area contributed by atoms with Crippen molar-refractivity contribution in [1.29, 1.82) is 0 Å². The van der Waals surface area contributed by atoms with Gasteiger partial charge in [-0.15, -0.1) is 0 Å². The minimum Gasteiger partial charge on any atom is -0.325 e. The monoisotopic (exact) mass is 233 g/mol. The van der Waals surface area contributed by atoms with Gasteiger partial charge in [0.25, 0.3) is 0 Å². The molecule has 0 radical (unpaired) electrons. The maximum Gasteiger partial charge on any atom is 0.238 e. The molecule has 4 heteroatoms. The Morgan fingerprint density at radius 3 is 2.88 bits per heavy atom. The number of likely N-dealkylation sites (tertiary alicyclic amines) is 1. The third-order valence-corrected chi connectivity index (χ3v) is 3.00. The van der Waals surface area contributed by atoms with E-state index in [1.807, 2.05) is 19.1 Å². The summed E-state index contributed by atoms with van der Waals surface area (Å²) in [5.74, 6) is 0.0671. The van der Waals surface area contributed by atoms with Gasteiger partial charge in [-0.1, -0.05) is 6.42 Å². The lowest BCUT2D eigenvalue weighted by Crippen LogP contribution is -2.36. The molecule has 1 aliphatic heterocycles. The molecule has 1 aromatic rings. The van der Waals surface area contributed by atoms with E-state index >= 15 is 0 Å². The van der Waals surface area contributed by atoms with Crippen LogP contribution in [0.4, 0.5) is 5.69 Å². The van der Waals surface area contributed by atoms with Gasteiger partial charge in [0.1, 0.15) is 0 Å². The van der Waals surface area contributed by atoms with Gasteiger partial charge in [-0.2, -0.15) is 0 Å². The van der Waals surface area contributed by atoms with Crippen molar-refractivity contribution in [2.24, 2.45) is 0 Å². The van der Waals surface area contributed by atoms with Crippen LogP contribution in [0.1, 0.15) is 25.0 Å². The maximum absolute atomic E-state index is 11.8. The van der Waals surface area contributed by atoms with Gasteiger partial charge < -0.3 is 5.32 Å². The normalized spacial score (nSPS) is 16.8. The van der Waals surface area contributed by atoms with Crippen LogP contribution in [-0.2, 0) is 4.79 Å². The van der Waals surface area contributed by atoms with Gasteiger partial charge >= 0.3 is 0 Å². The minimum absolute atomic E-state index is 0.0671. The fourth-order valence-electron chi connectivity index (χ4n) is 2.14. The standard InChI is InChI=1S/C13H19N3O/c1-11-9-12(5-6-14-11)15-13(17)10-16-7-3-2-4-8-16/h5-6,9H,2-4,7-8,10H2,1H3,(H,14,15,17). The molecule has 1 fully saturated rings. The molecule has 17 heavy (non-hydrogen) atoms. The summed E-state index contributed by atoms with van der Waals surface area (Å²) in [6, 6.07) is 3.70. The molecule has 0 unspecified atom stereocenters. The third kappa shape index (κ3) is 3.82. The third-order valence-electron chi connectivity index (χ3n) is 3.00. The predicted octanol–water partition coefficient (Wildman–Crippen LogP) is 1.81. The first kappa shape index (κ1) is 12.0. The molecule has 0 aliphatic carbocycles. The first-order valence-electron chi connectivity index (χ1n) is 6.19. The van der Waals surface area contributed by atoms with Crippen LogP contribution in [0.5, 0.6) is 0 Å². The largest absolute Gasteiger partial charge is 0.325 e. The van der Waals surface area contributed by atoms with Gasteiger partial charge in [-0.3, -0.25) is 14.7 Å². The molecule has 1 aliphatic rings. The Labute approximate surface area is 102 Å². The molecule has 4 nitrogen and oxygen atoms in total.